The molecule has 0 atom stereocenters. The third-order valence-corrected chi connectivity index (χ3v) is 8.37. The zero-order valence-corrected chi connectivity index (χ0v) is 26.4. The fourth-order valence-electron chi connectivity index (χ4n) is 4.21. The second-order valence-electron chi connectivity index (χ2n) is 9.84. The fraction of sp³-hybridized carbons (Fsp3) is 0.156. The van der Waals surface area contributed by atoms with Gasteiger partial charge in [-0.05, 0) is 67.1 Å². The van der Waals surface area contributed by atoms with E-state index in [2.05, 4.69) is 15.8 Å². The minimum atomic E-state index is -4.67. The van der Waals surface area contributed by atoms with Gasteiger partial charge < -0.3 is 19.5 Å². The molecule has 0 aromatic heterocycles. The number of aryl methyl sites for hydroxylation is 1. The van der Waals surface area contributed by atoms with Gasteiger partial charge in [0.25, 0.3) is 27.5 Å². The van der Waals surface area contributed by atoms with Crippen LogP contribution in [-0.4, -0.2) is 58.7 Å². The number of para-hydroxylation sites is 1. The maximum Gasteiger partial charge on any atom is 0.289 e. The summed E-state index contributed by atoms with van der Waals surface area (Å²) in [6.45, 7) is 0.941. The highest BCUT2D eigenvalue weighted by Crippen LogP contribution is 2.37. The topological polar surface area (TPSA) is 179 Å². The van der Waals surface area contributed by atoms with Crippen molar-refractivity contribution in [1.29, 1.82) is 0 Å². The van der Waals surface area contributed by atoms with Gasteiger partial charge in [0.1, 0.15) is 23.8 Å². The number of methoxy groups -OCH3 is 2. The lowest BCUT2D eigenvalue weighted by atomic mass is 10.2. The molecule has 0 bridgehead atoms. The van der Waals surface area contributed by atoms with Crippen LogP contribution < -0.4 is 29.3 Å². The first kappa shape index (κ1) is 33.9. The number of hydrazone groups is 1. The fourth-order valence-corrected chi connectivity index (χ4v) is 5.80. The van der Waals surface area contributed by atoms with E-state index in [0.717, 1.165) is 17.7 Å². The number of hydrogen-bond acceptors (Lipinski definition) is 10. The third kappa shape index (κ3) is 8.82. The molecule has 0 saturated carbocycles. The second-order valence-corrected chi connectivity index (χ2v) is 11.7. The molecule has 0 fully saturated rings. The van der Waals surface area contributed by atoms with Gasteiger partial charge in [-0.2, -0.15) is 5.10 Å². The van der Waals surface area contributed by atoms with Crippen LogP contribution in [0.15, 0.2) is 101 Å². The zero-order chi connectivity index (χ0) is 34.0. The Morgan fingerprint density at radius 1 is 0.915 bits per heavy atom. The molecule has 0 unspecified atom stereocenters. The number of carbonyl (C=O) groups is 2. The Hall–Kier alpha value is -5.96. The van der Waals surface area contributed by atoms with E-state index < -0.39 is 38.0 Å². The van der Waals surface area contributed by atoms with Crippen LogP contribution >= 0.6 is 0 Å². The number of amides is 2. The van der Waals surface area contributed by atoms with Gasteiger partial charge in [0, 0.05) is 17.8 Å². The highest BCUT2D eigenvalue weighted by molar-refractivity contribution is 7.93. The number of carbonyl (C=O) groups excluding carboxylic acids is 2. The van der Waals surface area contributed by atoms with Crippen molar-refractivity contribution < 1.29 is 37.1 Å². The predicted octanol–water partition coefficient (Wildman–Crippen LogP) is 4.28. The molecule has 47 heavy (non-hydrogen) atoms. The van der Waals surface area contributed by atoms with Crippen LogP contribution in [-0.2, 0) is 19.6 Å². The van der Waals surface area contributed by atoms with E-state index >= 15 is 0 Å². The number of nitrogens with zero attached hydrogens (tertiary/aromatic N) is 3. The summed E-state index contributed by atoms with van der Waals surface area (Å²) in [5, 5.41) is 18.3. The van der Waals surface area contributed by atoms with Crippen LogP contribution in [0.4, 0.5) is 17.1 Å². The van der Waals surface area contributed by atoms with Crippen molar-refractivity contribution in [1.82, 2.24) is 5.43 Å². The van der Waals surface area contributed by atoms with Gasteiger partial charge >= 0.3 is 0 Å². The first-order chi connectivity index (χ1) is 22.5. The third-order valence-electron chi connectivity index (χ3n) is 6.56. The van der Waals surface area contributed by atoms with Crippen LogP contribution in [0, 0.1) is 17.0 Å². The molecule has 14 nitrogen and oxygen atoms in total. The number of ether oxygens (including phenoxy) is 3. The van der Waals surface area contributed by atoms with Crippen molar-refractivity contribution in [3.63, 3.8) is 0 Å². The molecule has 15 heteroatoms. The highest BCUT2D eigenvalue weighted by atomic mass is 32.2. The summed E-state index contributed by atoms with van der Waals surface area (Å²) < 4.78 is 44.4. The van der Waals surface area contributed by atoms with Gasteiger partial charge in [-0.15, -0.1) is 0 Å². The first-order valence-electron chi connectivity index (χ1n) is 13.9. The molecule has 244 valence electrons. The predicted molar refractivity (Wildman–Crippen MR) is 175 cm³/mol. The van der Waals surface area contributed by atoms with Gasteiger partial charge in [0.2, 0.25) is 0 Å². The molecule has 0 aliphatic heterocycles. The summed E-state index contributed by atoms with van der Waals surface area (Å²) in [4.78, 5) is 35.4. The standard InChI is InChI=1S/C32H31N5O9S/c1-22-8-12-24(13-9-22)34-32(39)21-46-25-14-10-23(11-15-25)19-33-35-31(38)20-36(27-17-16-26(44-2)18-29(27)45-3)47(42,43)30-7-5-4-6-28(30)37(40)41/h4-19H,20-21H2,1-3H3,(H,34,39)(H,35,38)/b33-19-. The molecular weight excluding hydrogens is 630 g/mol. The summed E-state index contributed by atoms with van der Waals surface area (Å²) in [5.41, 5.74) is 3.84. The number of nitro groups is 1. The summed E-state index contributed by atoms with van der Waals surface area (Å²) in [6, 6.07) is 22.9. The van der Waals surface area contributed by atoms with Crippen LogP contribution in [0.2, 0.25) is 0 Å². The number of anilines is 2. The van der Waals surface area contributed by atoms with Crippen molar-refractivity contribution in [3.8, 4) is 17.2 Å². The van der Waals surface area contributed by atoms with E-state index in [-0.39, 0.29) is 24.0 Å². The summed E-state index contributed by atoms with van der Waals surface area (Å²) in [6.07, 6.45) is 1.32. The first-order valence-corrected chi connectivity index (χ1v) is 15.4. The van der Waals surface area contributed by atoms with E-state index in [0.29, 0.717) is 27.1 Å². The highest BCUT2D eigenvalue weighted by Gasteiger charge is 2.34. The van der Waals surface area contributed by atoms with Gasteiger partial charge in [0.05, 0.1) is 31.0 Å². The van der Waals surface area contributed by atoms with Crippen LogP contribution in [0.1, 0.15) is 11.1 Å². The lowest BCUT2D eigenvalue weighted by molar-refractivity contribution is -0.387. The second kappa shape index (κ2) is 15.4. The number of hydrogen-bond donors (Lipinski definition) is 2. The molecule has 2 N–H and O–H groups in total. The SMILES string of the molecule is COc1ccc(N(CC(=O)N/N=C\c2ccc(OCC(=O)Nc3ccc(C)cc3)cc2)S(=O)(=O)c2ccccc2[N+](=O)[O-])c(OC)c1. The van der Waals surface area contributed by atoms with Gasteiger partial charge in [0.15, 0.2) is 11.5 Å². The van der Waals surface area contributed by atoms with E-state index in [4.69, 9.17) is 14.2 Å². The van der Waals surface area contributed by atoms with Crippen molar-refractivity contribution in [2.75, 3.05) is 37.0 Å². The number of nitrogens with one attached hydrogen (secondary N) is 2. The molecule has 4 aromatic carbocycles. The van der Waals surface area contributed by atoms with Crippen molar-refractivity contribution in [2.24, 2.45) is 5.10 Å². The molecule has 0 radical (unpaired) electrons. The smallest absolute Gasteiger partial charge is 0.289 e. The van der Waals surface area contributed by atoms with Crippen LogP contribution in [0.25, 0.3) is 0 Å². The van der Waals surface area contributed by atoms with Crippen molar-refractivity contribution >= 4 is 45.1 Å². The normalized spacial score (nSPS) is 11.0. The molecular formula is C32H31N5O9S. The Kier molecular flexibility index (Phi) is 11.1. The lowest BCUT2D eigenvalue weighted by Crippen LogP contribution is -2.40. The minimum absolute atomic E-state index is 0.0396. The average Bonchev–Trinajstić information content (AvgIpc) is 3.07. The molecule has 2 amide bonds. The van der Waals surface area contributed by atoms with Crippen LogP contribution in [0.3, 0.4) is 0 Å². The molecule has 0 saturated heterocycles. The molecule has 4 rings (SSSR count). The van der Waals surface area contributed by atoms with E-state index in [1.165, 1.54) is 50.8 Å². The molecule has 0 aliphatic rings. The molecule has 0 spiro atoms. The Labute approximate surface area is 270 Å². The number of rotatable bonds is 14. The van der Waals surface area contributed by atoms with Crippen molar-refractivity contribution in [2.45, 2.75) is 11.8 Å². The number of sulfonamides is 1. The summed E-state index contributed by atoms with van der Waals surface area (Å²) in [5.74, 6) is -0.356. The maximum atomic E-state index is 13.8. The number of benzene rings is 4. The Bertz CT molecular complexity index is 1880. The minimum Gasteiger partial charge on any atom is -0.497 e. The average molecular weight is 662 g/mol. The van der Waals surface area contributed by atoms with Gasteiger partial charge in [-0.25, -0.2) is 13.8 Å². The van der Waals surface area contributed by atoms with E-state index in [9.17, 15) is 28.1 Å². The van der Waals surface area contributed by atoms with E-state index in [1.54, 1.807) is 36.4 Å². The van der Waals surface area contributed by atoms with Crippen molar-refractivity contribution in [3.05, 3.63) is 112 Å². The Morgan fingerprint density at radius 2 is 1.60 bits per heavy atom. The monoisotopic (exact) mass is 661 g/mol. The Morgan fingerprint density at radius 3 is 2.26 bits per heavy atom. The van der Waals surface area contributed by atoms with Crippen LogP contribution in [0.5, 0.6) is 17.2 Å². The molecule has 0 aliphatic carbocycles. The molecule has 0 heterocycles. The largest absolute Gasteiger partial charge is 0.497 e. The Balaban J connectivity index is 1.45. The number of nitro benzene ring substituents is 1. The summed E-state index contributed by atoms with van der Waals surface area (Å²) >= 11 is 0. The van der Waals surface area contributed by atoms with Gasteiger partial charge in [-0.1, -0.05) is 29.8 Å². The quantitative estimate of drug-likeness (QED) is 0.113. The zero-order valence-electron chi connectivity index (χ0n) is 25.6. The maximum absolute atomic E-state index is 13.8. The van der Waals surface area contributed by atoms with Gasteiger partial charge in [-0.3, -0.25) is 24.0 Å². The lowest BCUT2D eigenvalue weighted by Gasteiger charge is -2.25. The summed E-state index contributed by atoms with van der Waals surface area (Å²) in [7, 11) is -1.96. The van der Waals surface area contributed by atoms with E-state index in [1.807, 2.05) is 19.1 Å². The molecule has 4 aromatic rings.